The van der Waals surface area contributed by atoms with E-state index >= 15 is 0 Å². The van der Waals surface area contributed by atoms with E-state index < -0.39 is 0 Å². The molecule has 0 aromatic heterocycles. The summed E-state index contributed by atoms with van der Waals surface area (Å²) in [7, 11) is 2.24. The molecule has 0 bridgehead atoms. The van der Waals surface area contributed by atoms with E-state index in [1.54, 1.807) is 0 Å². The van der Waals surface area contributed by atoms with E-state index in [1.165, 1.54) is 58.7 Å². The quantitative estimate of drug-likeness (QED) is 0.560. The molecule has 3 nitrogen and oxygen atoms in total. The summed E-state index contributed by atoms with van der Waals surface area (Å²) in [5.41, 5.74) is 0. The number of nitrogens with zero attached hydrogens (tertiary/aromatic N) is 3. The van der Waals surface area contributed by atoms with Crippen molar-refractivity contribution in [2.45, 2.75) is 12.8 Å². The van der Waals surface area contributed by atoms with Gasteiger partial charge in [0.15, 0.2) is 0 Å². The SMILES string of the molecule is CN1CCC(CN2CCN(I)CC2)CC1. The van der Waals surface area contributed by atoms with Gasteiger partial charge in [0.05, 0.1) is 0 Å². The van der Waals surface area contributed by atoms with Crippen molar-refractivity contribution >= 4 is 22.9 Å². The van der Waals surface area contributed by atoms with Gasteiger partial charge in [0.2, 0.25) is 0 Å². The predicted molar refractivity (Wildman–Crippen MR) is 72.3 cm³/mol. The van der Waals surface area contributed by atoms with Crippen LogP contribution in [-0.4, -0.2) is 65.8 Å². The number of piperidine rings is 1. The molecule has 2 fully saturated rings. The molecule has 0 spiro atoms. The molecule has 2 aliphatic rings. The highest BCUT2D eigenvalue weighted by Gasteiger charge is 2.21. The molecule has 0 N–H and O–H groups in total. The van der Waals surface area contributed by atoms with Gasteiger partial charge in [-0.2, -0.15) is 0 Å². The van der Waals surface area contributed by atoms with Gasteiger partial charge < -0.3 is 9.80 Å². The molecule has 0 atom stereocenters. The Morgan fingerprint density at radius 1 is 1.00 bits per heavy atom. The highest BCUT2D eigenvalue weighted by molar-refractivity contribution is 14.1. The zero-order chi connectivity index (χ0) is 10.7. The minimum Gasteiger partial charge on any atom is -0.306 e. The molecule has 2 rings (SSSR count). The molecule has 0 aliphatic carbocycles. The van der Waals surface area contributed by atoms with Crippen LogP contribution in [0.25, 0.3) is 0 Å². The Morgan fingerprint density at radius 2 is 1.60 bits per heavy atom. The van der Waals surface area contributed by atoms with E-state index in [2.05, 4.69) is 42.8 Å². The lowest BCUT2D eigenvalue weighted by Crippen LogP contribution is -2.45. The summed E-state index contributed by atoms with van der Waals surface area (Å²) in [6, 6.07) is 0. The Kier molecular flexibility index (Phi) is 4.67. The summed E-state index contributed by atoms with van der Waals surface area (Å²) in [5.74, 6) is 0.960. The normalized spacial score (nSPS) is 28.4. The highest BCUT2D eigenvalue weighted by Crippen LogP contribution is 2.18. The average Bonchev–Trinajstić information content (AvgIpc) is 2.25. The summed E-state index contributed by atoms with van der Waals surface area (Å²) < 4.78 is 2.41. The van der Waals surface area contributed by atoms with Crippen LogP contribution < -0.4 is 0 Å². The molecular weight excluding hydrogens is 301 g/mol. The van der Waals surface area contributed by atoms with Gasteiger partial charge in [0.25, 0.3) is 0 Å². The van der Waals surface area contributed by atoms with Crippen molar-refractivity contribution in [1.29, 1.82) is 0 Å². The topological polar surface area (TPSA) is 9.72 Å². The summed E-state index contributed by atoms with van der Waals surface area (Å²) in [5, 5.41) is 0. The molecule has 0 aromatic rings. The molecule has 88 valence electrons. The first kappa shape index (κ1) is 12.1. The number of piperazine rings is 1. The lowest BCUT2D eigenvalue weighted by Gasteiger charge is -2.36. The molecule has 0 aromatic carbocycles. The second kappa shape index (κ2) is 5.80. The molecule has 0 unspecified atom stereocenters. The minimum absolute atomic E-state index is 0.960. The summed E-state index contributed by atoms with van der Waals surface area (Å²) in [4.78, 5) is 5.12. The zero-order valence-electron chi connectivity index (χ0n) is 9.66. The number of hydrogen-bond donors (Lipinski definition) is 0. The predicted octanol–water partition coefficient (Wildman–Crippen LogP) is 1.30. The lowest BCUT2D eigenvalue weighted by molar-refractivity contribution is 0.137. The van der Waals surface area contributed by atoms with Crippen LogP contribution in [-0.2, 0) is 0 Å². The fraction of sp³-hybridized carbons (Fsp3) is 1.00. The van der Waals surface area contributed by atoms with Crippen molar-refractivity contribution in [3.63, 3.8) is 0 Å². The Bertz CT molecular complexity index is 164. The summed E-state index contributed by atoms with van der Waals surface area (Å²) in [6.07, 6.45) is 2.81. The van der Waals surface area contributed by atoms with Crippen LogP contribution in [0.2, 0.25) is 0 Å². The van der Waals surface area contributed by atoms with Gasteiger partial charge in [0.1, 0.15) is 0 Å². The van der Waals surface area contributed by atoms with Crippen molar-refractivity contribution in [3.05, 3.63) is 0 Å². The molecule has 15 heavy (non-hydrogen) atoms. The number of likely N-dealkylation sites (tertiary alicyclic amines) is 1. The third-order valence-electron chi connectivity index (χ3n) is 3.67. The van der Waals surface area contributed by atoms with Crippen molar-refractivity contribution in [3.8, 4) is 0 Å². The van der Waals surface area contributed by atoms with Gasteiger partial charge in [-0.1, -0.05) is 0 Å². The molecule has 0 radical (unpaired) electrons. The van der Waals surface area contributed by atoms with Gasteiger partial charge >= 0.3 is 0 Å². The van der Waals surface area contributed by atoms with Crippen LogP contribution in [0.5, 0.6) is 0 Å². The van der Waals surface area contributed by atoms with Crippen LogP contribution in [0.1, 0.15) is 12.8 Å². The Morgan fingerprint density at radius 3 is 2.20 bits per heavy atom. The smallest absolute Gasteiger partial charge is 0.0209 e. The molecule has 2 heterocycles. The van der Waals surface area contributed by atoms with Crippen molar-refractivity contribution in [2.75, 3.05) is 52.9 Å². The first-order valence-corrected chi connectivity index (χ1v) is 7.02. The maximum absolute atomic E-state index is 2.66. The van der Waals surface area contributed by atoms with E-state index in [0.717, 1.165) is 5.92 Å². The number of hydrogen-bond acceptors (Lipinski definition) is 3. The van der Waals surface area contributed by atoms with Crippen molar-refractivity contribution < 1.29 is 0 Å². The molecule has 2 aliphatic heterocycles. The molecule has 4 heteroatoms. The fourth-order valence-electron chi connectivity index (χ4n) is 2.52. The van der Waals surface area contributed by atoms with Crippen molar-refractivity contribution in [2.24, 2.45) is 5.92 Å². The van der Waals surface area contributed by atoms with E-state index in [9.17, 15) is 0 Å². The van der Waals surface area contributed by atoms with Crippen LogP contribution in [0.3, 0.4) is 0 Å². The largest absolute Gasteiger partial charge is 0.306 e. The van der Waals surface area contributed by atoms with E-state index in [4.69, 9.17) is 0 Å². The molecule has 0 amide bonds. The fourth-order valence-corrected chi connectivity index (χ4v) is 2.95. The second-order valence-electron chi connectivity index (χ2n) is 4.96. The van der Waals surface area contributed by atoms with Gasteiger partial charge in [-0.3, -0.25) is 0 Å². The summed E-state index contributed by atoms with van der Waals surface area (Å²) >= 11 is 2.44. The van der Waals surface area contributed by atoms with E-state index in [1.807, 2.05) is 0 Å². The van der Waals surface area contributed by atoms with E-state index in [0.29, 0.717) is 0 Å². The van der Waals surface area contributed by atoms with Gasteiger partial charge in [-0.05, 0) is 38.9 Å². The number of halogens is 1. The first-order chi connectivity index (χ1) is 7.24. The summed E-state index contributed by atoms with van der Waals surface area (Å²) in [6.45, 7) is 8.98. The first-order valence-electron chi connectivity index (χ1n) is 6.05. The molecule has 0 saturated carbocycles. The zero-order valence-corrected chi connectivity index (χ0v) is 11.8. The van der Waals surface area contributed by atoms with Crippen LogP contribution in [0.15, 0.2) is 0 Å². The Balaban J connectivity index is 1.68. The van der Waals surface area contributed by atoms with Gasteiger partial charge in [-0.25, -0.2) is 3.11 Å². The lowest BCUT2D eigenvalue weighted by atomic mass is 9.96. The Labute approximate surface area is 107 Å². The van der Waals surface area contributed by atoms with Crippen LogP contribution in [0.4, 0.5) is 0 Å². The monoisotopic (exact) mass is 323 g/mol. The molecular formula is C11H22IN3. The molecule has 2 saturated heterocycles. The van der Waals surface area contributed by atoms with Crippen molar-refractivity contribution in [1.82, 2.24) is 12.9 Å². The third-order valence-corrected chi connectivity index (χ3v) is 4.64. The maximum Gasteiger partial charge on any atom is 0.0209 e. The standard InChI is InChI=1S/C11H22IN3/c1-13-4-2-11(3-5-13)10-14-6-8-15(12)9-7-14/h11H,2-10H2,1H3. The average molecular weight is 323 g/mol. The third kappa shape index (κ3) is 3.84. The second-order valence-corrected chi connectivity index (χ2v) is 6.32. The van der Waals surface area contributed by atoms with Gasteiger partial charge in [-0.15, -0.1) is 0 Å². The maximum atomic E-state index is 2.66. The van der Waals surface area contributed by atoms with Crippen LogP contribution >= 0.6 is 22.9 Å². The van der Waals surface area contributed by atoms with Crippen LogP contribution in [0, 0.1) is 5.92 Å². The van der Waals surface area contributed by atoms with Gasteiger partial charge in [0, 0.05) is 55.6 Å². The minimum atomic E-state index is 0.960. The number of rotatable bonds is 2. The van der Waals surface area contributed by atoms with E-state index in [-0.39, 0.29) is 0 Å². The Hall–Kier alpha value is 0.610. The highest BCUT2D eigenvalue weighted by atomic mass is 127.